The first-order chi connectivity index (χ1) is 14.9. The molecule has 0 heterocycles. The van der Waals surface area contributed by atoms with Crippen molar-refractivity contribution in [3.8, 4) is 11.5 Å². The summed E-state index contributed by atoms with van der Waals surface area (Å²) in [5.74, 6) is -0.113. The summed E-state index contributed by atoms with van der Waals surface area (Å²) in [6.07, 6.45) is 1.42. The van der Waals surface area contributed by atoms with Gasteiger partial charge in [0.05, 0.1) is 17.3 Å². The third-order valence-corrected chi connectivity index (χ3v) is 5.80. The molecule has 160 valence electrons. The lowest BCUT2D eigenvalue weighted by Crippen LogP contribution is -2.17. The zero-order valence-electron chi connectivity index (χ0n) is 16.5. The molecule has 0 bridgehead atoms. The third kappa shape index (κ3) is 5.93. The molecule has 9 heteroatoms. The van der Waals surface area contributed by atoms with E-state index in [0.717, 1.165) is 0 Å². The number of hydrogen-bond acceptors (Lipinski definition) is 6. The van der Waals surface area contributed by atoms with E-state index >= 15 is 0 Å². The standard InChI is InChI=1S/C22H19BrN2O5S/c1-2-29-20-14-16(15-24-25-22(26)17-9-5-3-6-10-17)13-19(23)21(20)30-31(27,28)18-11-7-4-8-12-18/h3-15H,2H2,1H3,(H,25,26)/b24-15-. The van der Waals surface area contributed by atoms with E-state index in [1.54, 1.807) is 61.5 Å². The average Bonchev–Trinajstić information content (AvgIpc) is 2.77. The van der Waals surface area contributed by atoms with E-state index in [4.69, 9.17) is 8.92 Å². The summed E-state index contributed by atoms with van der Waals surface area (Å²) in [4.78, 5) is 12.1. The van der Waals surface area contributed by atoms with E-state index < -0.39 is 10.1 Å². The fraction of sp³-hybridized carbons (Fsp3) is 0.0909. The number of amides is 1. The Hall–Kier alpha value is -3.17. The van der Waals surface area contributed by atoms with Crippen LogP contribution in [0.15, 0.2) is 87.3 Å². The Balaban J connectivity index is 1.82. The largest absolute Gasteiger partial charge is 0.490 e. The van der Waals surface area contributed by atoms with Gasteiger partial charge in [0.15, 0.2) is 11.5 Å². The van der Waals surface area contributed by atoms with E-state index in [1.165, 1.54) is 18.3 Å². The molecule has 7 nitrogen and oxygen atoms in total. The summed E-state index contributed by atoms with van der Waals surface area (Å²) in [5.41, 5.74) is 3.48. The van der Waals surface area contributed by atoms with Gasteiger partial charge in [-0.1, -0.05) is 36.4 Å². The van der Waals surface area contributed by atoms with Crippen molar-refractivity contribution in [2.24, 2.45) is 5.10 Å². The molecular weight excluding hydrogens is 484 g/mol. The number of benzene rings is 3. The fourth-order valence-corrected chi connectivity index (χ4v) is 4.20. The molecule has 0 unspecified atom stereocenters. The highest BCUT2D eigenvalue weighted by atomic mass is 79.9. The maximum atomic E-state index is 12.6. The minimum Gasteiger partial charge on any atom is -0.490 e. The van der Waals surface area contributed by atoms with Crippen molar-refractivity contribution in [2.75, 3.05) is 6.61 Å². The maximum absolute atomic E-state index is 12.6. The Morgan fingerprint density at radius 3 is 2.35 bits per heavy atom. The Morgan fingerprint density at radius 1 is 1.06 bits per heavy atom. The molecule has 0 saturated carbocycles. The van der Waals surface area contributed by atoms with Crippen molar-refractivity contribution in [3.63, 3.8) is 0 Å². The van der Waals surface area contributed by atoms with Gasteiger partial charge in [0.1, 0.15) is 4.90 Å². The molecule has 0 radical (unpaired) electrons. The molecule has 3 aromatic rings. The first-order valence-electron chi connectivity index (χ1n) is 9.25. The van der Waals surface area contributed by atoms with Crippen LogP contribution in [-0.2, 0) is 10.1 Å². The van der Waals surface area contributed by atoms with Crippen LogP contribution in [0.4, 0.5) is 0 Å². The quantitative estimate of drug-likeness (QED) is 0.280. The maximum Gasteiger partial charge on any atom is 0.339 e. The van der Waals surface area contributed by atoms with Crippen LogP contribution in [0.25, 0.3) is 0 Å². The second-order valence-corrected chi connectivity index (χ2v) is 8.58. The topological polar surface area (TPSA) is 94.1 Å². The molecule has 1 amide bonds. The fourth-order valence-electron chi connectivity index (χ4n) is 2.57. The number of carbonyl (C=O) groups is 1. The highest BCUT2D eigenvalue weighted by Gasteiger charge is 2.22. The summed E-state index contributed by atoms with van der Waals surface area (Å²) in [6, 6.07) is 19.7. The van der Waals surface area contributed by atoms with E-state index in [0.29, 0.717) is 22.2 Å². The number of hydrazone groups is 1. The van der Waals surface area contributed by atoms with Gasteiger partial charge in [-0.25, -0.2) is 5.43 Å². The van der Waals surface area contributed by atoms with Gasteiger partial charge in [-0.05, 0) is 64.8 Å². The Bertz CT molecular complexity index is 1180. The molecule has 0 aliphatic heterocycles. The normalized spacial score (nSPS) is 11.3. The molecule has 0 aliphatic carbocycles. The van der Waals surface area contributed by atoms with E-state index in [9.17, 15) is 13.2 Å². The molecule has 3 aromatic carbocycles. The first kappa shape index (κ1) is 22.5. The van der Waals surface area contributed by atoms with Crippen LogP contribution >= 0.6 is 15.9 Å². The second-order valence-electron chi connectivity index (χ2n) is 6.18. The number of carbonyl (C=O) groups excluding carboxylic acids is 1. The minimum atomic E-state index is -4.05. The Morgan fingerprint density at radius 2 is 1.71 bits per heavy atom. The van der Waals surface area contributed by atoms with Crippen molar-refractivity contribution in [1.29, 1.82) is 0 Å². The number of halogens is 1. The van der Waals surface area contributed by atoms with Crippen molar-refractivity contribution in [2.45, 2.75) is 11.8 Å². The number of rotatable bonds is 8. The number of ether oxygens (including phenoxy) is 1. The summed E-state index contributed by atoms with van der Waals surface area (Å²) in [6.45, 7) is 2.06. The Kier molecular flexibility index (Phi) is 7.43. The molecule has 1 N–H and O–H groups in total. The van der Waals surface area contributed by atoms with Gasteiger partial charge in [-0.15, -0.1) is 0 Å². The van der Waals surface area contributed by atoms with Gasteiger partial charge < -0.3 is 8.92 Å². The zero-order valence-corrected chi connectivity index (χ0v) is 18.9. The van der Waals surface area contributed by atoms with Crippen molar-refractivity contribution >= 4 is 38.2 Å². The molecule has 31 heavy (non-hydrogen) atoms. The van der Waals surface area contributed by atoms with Gasteiger partial charge >= 0.3 is 10.1 Å². The van der Waals surface area contributed by atoms with Crippen molar-refractivity contribution in [1.82, 2.24) is 5.43 Å². The number of nitrogens with zero attached hydrogens (tertiary/aromatic N) is 1. The van der Waals surface area contributed by atoms with Gasteiger partial charge in [-0.2, -0.15) is 13.5 Å². The summed E-state index contributed by atoms with van der Waals surface area (Å²) in [5, 5.41) is 3.95. The summed E-state index contributed by atoms with van der Waals surface area (Å²) in [7, 11) is -4.05. The number of nitrogens with one attached hydrogen (secondary N) is 1. The van der Waals surface area contributed by atoms with Gasteiger partial charge in [0.25, 0.3) is 5.91 Å². The van der Waals surface area contributed by atoms with Crippen LogP contribution < -0.4 is 14.3 Å². The van der Waals surface area contributed by atoms with E-state index in [1.807, 2.05) is 6.07 Å². The molecule has 0 aromatic heterocycles. The minimum absolute atomic E-state index is 0.0242. The third-order valence-electron chi connectivity index (χ3n) is 3.97. The van der Waals surface area contributed by atoms with Crippen LogP contribution in [0.3, 0.4) is 0 Å². The first-order valence-corrected chi connectivity index (χ1v) is 11.4. The van der Waals surface area contributed by atoms with Crippen LogP contribution in [0.1, 0.15) is 22.8 Å². The lowest BCUT2D eigenvalue weighted by Gasteiger charge is -2.14. The molecule has 0 atom stereocenters. The predicted octanol–water partition coefficient (Wildman–Crippen LogP) is 4.38. The molecule has 0 aliphatic rings. The van der Waals surface area contributed by atoms with Crippen molar-refractivity contribution < 1.29 is 22.1 Å². The summed E-state index contributed by atoms with van der Waals surface area (Å²) >= 11 is 3.33. The Labute approximate surface area is 189 Å². The smallest absolute Gasteiger partial charge is 0.339 e. The average molecular weight is 503 g/mol. The molecule has 3 rings (SSSR count). The lowest BCUT2D eigenvalue weighted by molar-refractivity contribution is 0.0955. The van der Waals surface area contributed by atoms with Crippen LogP contribution in [0.5, 0.6) is 11.5 Å². The molecule has 0 fully saturated rings. The lowest BCUT2D eigenvalue weighted by atomic mass is 10.2. The van der Waals surface area contributed by atoms with Crippen LogP contribution in [-0.4, -0.2) is 27.1 Å². The monoisotopic (exact) mass is 502 g/mol. The van der Waals surface area contributed by atoms with E-state index in [2.05, 4.69) is 26.5 Å². The van der Waals surface area contributed by atoms with Crippen LogP contribution in [0, 0.1) is 0 Å². The zero-order chi connectivity index (χ0) is 22.3. The highest BCUT2D eigenvalue weighted by molar-refractivity contribution is 9.10. The van der Waals surface area contributed by atoms with E-state index in [-0.39, 0.29) is 22.3 Å². The van der Waals surface area contributed by atoms with Crippen LogP contribution in [0.2, 0.25) is 0 Å². The number of hydrogen-bond donors (Lipinski definition) is 1. The van der Waals surface area contributed by atoms with Gasteiger partial charge in [0, 0.05) is 5.56 Å². The molecule has 0 saturated heterocycles. The van der Waals surface area contributed by atoms with Crippen molar-refractivity contribution in [3.05, 3.63) is 88.4 Å². The summed E-state index contributed by atoms with van der Waals surface area (Å²) < 4.78 is 36.5. The second kappa shape index (κ2) is 10.2. The molecule has 0 spiro atoms. The predicted molar refractivity (Wildman–Crippen MR) is 121 cm³/mol. The van der Waals surface area contributed by atoms with Gasteiger partial charge in [-0.3, -0.25) is 4.79 Å². The van der Waals surface area contributed by atoms with Gasteiger partial charge in [0.2, 0.25) is 0 Å². The SMILES string of the molecule is CCOc1cc(/C=N\NC(=O)c2ccccc2)cc(Br)c1OS(=O)(=O)c1ccccc1. The molecular formula is C22H19BrN2O5S. The highest BCUT2D eigenvalue weighted by Crippen LogP contribution is 2.38.